The lowest BCUT2D eigenvalue weighted by atomic mass is 10.1. The molecule has 7 heteroatoms. The van der Waals surface area contributed by atoms with E-state index < -0.39 is 12.1 Å². The summed E-state index contributed by atoms with van der Waals surface area (Å²) >= 11 is 0. The monoisotopic (exact) mass is 352 g/mol. The number of carbonyl (C=O) groups excluding carboxylic acids is 2. The second kappa shape index (κ2) is 6.33. The predicted octanol–water partition coefficient (Wildman–Crippen LogP) is 2.88. The zero-order valence-electron chi connectivity index (χ0n) is 14.2. The molecule has 0 bridgehead atoms. The van der Waals surface area contributed by atoms with E-state index in [4.69, 9.17) is 0 Å². The molecular weight excluding hydrogens is 335 g/mol. The first-order valence-corrected chi connectivity index (χ1v) is 8.47. The van der Waals surface area contributed by atoms with Gasteiger partial charge >= 0.3 is 0 Å². The standard InChI is InChI=1S/C19H17FN4O2/c1-2-12-5-9-15(10-6-12)24-18(25)16-17(19(24)26)23(22-21-16)11-13-3-7-14(20)8-4-13/h3-10,16-17H,2,11H2,1H3/t16-,17+/m1/s1. The average Bonchev–Trinajstić information content (AvgIpc) is 3.17. The zero-order chi connectivity index (χ0) is 18.3. The number of rotatable bonds is 4. The number of nitrogens with zero attached hydrogens (tertiary/aromatic N) is 4. The second-order valence-corrected chi connectivity index (χ2v) is 6.35. The Morgan fingerprint density at radius 3 is 2.27 bits per heavy atom. The van der Waals surface area contributed by atoms with Gasteiger partial charge in [0.15, 0.2) is 12.1 Å². The van der Waals surface area contributed by atoms with Crippen molar-refractivity contribution in [2.75, 3.05) is 4.90 Å². The maximum absolute atomic E-state index is 13.1. The van der Waals surface area contributed by atoms with Crippen LogP contribution in [0.1, 0.15) is 18.1 Å². The number of hydrogen-bond acceptors (Lipinski definition) is 5. The molecule has 0 spiro atoms. The molecule has 1 saturated heterocycles. The highest BCUT2D eigenvalue weighted by atomic mass is 19.1. The third kappa shape index (κ3) is 2.65. The van der Waals surface area contributed by atoms with Gasteiger partial charge in [-0.05, 0) is 41.8 Å². The van der Waals surface area contributed by atoms with Crippen LogP contribution in [-0.4, -0.2) is 28.9 Å². The van der Waals surface area contributed by atoms with E-state index in [2.05, 4.69) is 10.3 Å². The van der Waals surface area contributed by atoms with E-state index in [1.807, 2.05) is 19.1 Å². The van der Waals surface area contributed by atoms with Crippen LogP contribution in [0.5, 0.6) is 0 Å². The maximum Gasteiger partial charge on any atom is 0.263 e. The van der Waals surface area contributed by atoms with Crippen molar-refractivity contribution in [1.82, 2.24) is 5.01 Å². The molecule has 6 nitrogen and oxygen atoms in total. The molecule has 132 valence electrons. The van der Waals surface area contributed by atoms with Crippen molar-refractivity contribution in [3.05, 3.63) is 65.5 Å². The fourth-order valence-corrected chi connectivity index (χ4v) is 3.27. The van der Waals surface area contributed by atoms with E-state index in [9.17, 15) is 14.0 Å². The number of imide groups is 1. The average molecular weight is 352 g/mol. The predicted molar refractivity (Wildman–Crippen MR) is 92.7 cm³/mol. The van der Waals surface area contributed by atoms with Crippen LogP contribution in [0, 0.1) is 5.82 Å². The van der Waals surface area contributed by atoms with Gasteiger partial charge in [0.1, 0.15) is 5.82 Å². The number of carbonyl (C=O) groups is 2. The molecule has 0 saturated carbocycles. The second-order valence-electron chi connectivity index (χ2n) is 6.35. The van der Waals surface area contributed by atoms with Crippen LogP contribution in [0.3, 0.4) is 0 Å². The summed E-state index contributed by atoms with van der Waals surface area (Å²) in [6.07, 6.45) is 0.882. The van der Waals surface area contributed by atoms with Gasteiger partial charge in [-0.2, -0.15) is 5.11 Å². The van der Waals surface area contributed by atoms with E-state index in [-0.39, 0.29) is 24.2 Å². The Bertz CT molecular complexity index is 879. The summed E-state index contributed by atoms with van der Waals surface area (Å²) in [6.45, 7) is 2.33. The van der Waals surface area contributed by atoms with E-state index >= 15 is 0 Å². The van der Waals surface area contributed by atoms with E-state index in [0.29, 0.717) is 5.69 Å². The van der Waals surface area contributed by atoms with Crippen LogP contribution in [0.4, 0.5) is 10.1 Å². The fourth-order valence-electron chi connectivity index (χ4n) is 3.27. The summed E-state index contributed by atoms with van der Waals surface area (Å²) < 4.78 is 13.1. The Hall–Kier alpha value is -3.09. The Morgan fingerprint density at radius 1 is 0.962 bits per heavy atom. The first-order chi connectivity index (χ1) is 12.6. The van der Waals surface area contributed by atoms with Gasteiger partial charge in [0.05, 0.1) is 12.2 Å². The lowest BCUT2D eigenvalue weighted by Gasteiger charge is -2.20. The number of anilines is 1. The third-order valence-electron chi connectivity index (χ3n) is 4.72. The molecule has 26 heavy (non-hydrogen) atoms. The van der Waals surface area contributed by atoms with Crippen LogP contribution in [0.25, 0.3) is 0 Å². The molecule has 2 aliphatic rings. The molecule has 0 aliphatic carbocycles. The van der Waals surface area contributed by atoms with Crippen molar-refractivity contribution in [3.8, 4) is 0 Å². The third-order valence-corrected chi connectivity index (χ3v) is 4.72. The molecule has 4 rings (SSSR count). The van der Waals surface area contributed by atoms with Gasteiger partial charge < -0.3 is 0 Å². The maximum atomic E-state index is 13.1. The molecule has 2 atom stereocenters. The fraction of sp³-hybridized carbons (Fsp3) is 0.263. The Labute approximate surface area is 149 Å². The molecule has 0 N–H and O–H groups in total. The van der Waals surface area contributed by atoms with E-state index in [1.165, 1.54) is 22.0 Å². The van der Waals surface area contributed by atoms with Gasteiger partial charge in [-0.1, -0.05) is 36.4 Å². The number of aryl methyl sites for hydroxylation is 1. The lowest BCUT2D eigenvalue weighted by Crippen LogP contribution is -2.39. The lowest BCUT2D eigenvalue weighted by molar-refractivity contribution is -0.123. The minimum Gasteiger partial charge on any atom is -0.271 e. The normalized spacial score (nSPS) is 21.6. The van der Waals surface area contributed by atoms with Crippen LogP contribution >= 0.6 is 0 Å². The van der Waals surface area contributed by atoms with Crippen molar-refractivity contribution in [3.63, 3.8) is 0 Å². The first kappa shape index (κ1) is 16.4. The summed E-state index contributed by atoms with van der Waals surface area (Å²) in [5.74, 6) is -1.03. The molecule has 2 aromatic carbocycles. The smallest absolute Gasteiger partial charge is 0.263 e. The summed E-state index contributed by atoms with van der Waals surface area (Å²) in [4.78, 5) is 26.7. The molecule has 0 unspecified atom stereocenters. The SMILES string of the molecule is CCc1ccc(N2C(=O)[C@@H]3[C@@H](N=NN3Cc3ccc(F)cc3)C2=O)cc1. The van der Waals surface area contributed by atoms with Gasteiger partial charge in [0.2, 0.25) is 0 Å². The minimum atomic E-state index is -0.825. The number of hydrogen-bond donors (Lipinski definition) is 0. The Morgan fingerprint density at radius 2 is 1.62 bits per heavy atom. The van der Waals surface area contributed by atoms with Gasteiger partial charge in [0.25, 0.3) is 11.8 Å². The topological polar surface area (TPSA) is 65.3 Å². The van der Waals surface area contributed by atoms with Crippen molar-refractivity contribution in [2.45, 2.75) is 32.0 Å². The van der Waals surface area contributed by atoms with E-state index in [1.54, 1.807) is 24.3 Å². The largest absolute Gasteiger partial charge is 0.271 e. The number of benzene rings is 2. The zero-order valence-corrected chi connectivity index (χ0v) is 14.2. The molecule has 1 fully saturated rings. The number of fused-ring (bicyclic) bond motifs is 1. The van der Waals surface area contributed by atoms with Crippen molar-refractivity contribution < 1.29 is 14.0 Å². The molecule has 0 aromatic heterocycles. The highest BCUT2D eigenvalue weighted by Gasteiger charge is 2.54. The van der Waals surface area contributed by atoms with Gasteiger partial charge in [0, 0.05) is 0 Å². The number of halogens is 1. The molecule has 2 aliphatic heterocycles. The van der Waals surface area contributed by atoms with Crippen molar-refractivity contribution >= 4 is 17.5 Å². The van der Waals surface area contributed by atoms with Crippen LogP contribution in [-0.2, 0) is 22.6 Å². The van der Waals surface area contributed by atoms with Crippen LogP contribution in [0.15, 0.2) is 58.9 Å². The molecule has 2 heterocycles. The van der Waals surface area contributed by atoms with Gasteiger partial charge in [-0.3, -0.25) is 14.6 Å². The van der Waals surface area contributed by atoms with Gasteiger partial charge in [-0.15, -0.1) is 0 Å². The van der Waals surface area contributed by atoms with E-state index in [0.717, 1.165) is 17.5 Å². The minimum absolute atomic E-state index is 0.284. The Balaban J connectivity index is 1.57. The molecule has 0 radical (unpaired) electrons. The van der Waals surface area contributed by atoms with Crippen molar-refractivity contribution in [2.24, 2.45) is 10.3 Å². The van der Waals surface area contributed by atoms with Crippen LogP contribution in [0.2, 0.25) is 0 Å². The highest BCUT2D eigenvalue weighted by molar-refractivity contribution is 6.25. The number of amides is 2. The summed E-state index contributed by atoms with van der Waals surface area (Å²) in [6, 6.07) is 11.7. The molecule has 2 aromatic rings. The first-order valence-electron chi connectivity index (χ1n) is 8.47. The van der Waals surface area contributed by atoms with Crippen LogP contribution < -0.4 is 4.90 Å². The highest BCUT2D eigenvalue weighted by Crippen LogP contribution is 2.32. The molecule has 2 amide bonds. The summed E-state index contributed by atoms with van der Waals surface area (Å²) in [7, 11) is 0. The summed E-state index contributed by atoms with van der Waals surface area (Å²) in [5.41, 5.74) is 2.46. The molecular formula is C19H17FN4O2. The van der Waals surface area contributed by atoms with Gasteiger partial charge in [-0.25, -0.2) is 9.29 Å². The quantitative estimate of drug-likeness (QED) is 0.795. The Kier molecular flexibility index (Phi) is 3.99. The van der Waals surface area contributed by atoms with Crippen molar-refractivity contribution in [1.29, 1.82) is 0 Å². The summed E-state index contributed by atoms with van der Waals surface area (Å²) in [5, 5.41) is 9.49.